The van der Waals surface area contributed by atoms with E-state index in [9.17, 15) is 4.79 Å². The third kappa shape index (κ3) is 4.12. The molecule has 0 bridgehead atoms. The summed E-state index contributed by atoms with van der Waals surface area (Å²) in [7, 11) is 0. The molecule has 1 N–H and O–H groups in total. The van der Waals surface area contributed by atoms with Crippen molar-refractivity contribution in [2.45, 2.75) is 38.5 Å². The molecule has 5 nitrogen and oxygen atoms in total. The lowest BCUT2D eigenvalue weighted by molar-refractivity contribution is -0.116. The smallest absolute Gasteiger partial charge is 0.224 e. The van der Waals surface area contributed by atoms with Crippen molar-refractivity contribution in [3.8, 4) is 0 Å². The van der Waals surface area contributed by atoms with Gasteiger partial charge < -0.3 is 15.0 Å². The van der Waals surface area contributed by atoms with Crippen molar-refractivity contribution in [3.05, 3.63) is 18.2 Å². The zero-order valence-corrected chi connectivity index (χ0v) is 15.3. The van der Waals surface area contributed by atoms with Crippen LogP contribution in [0.15, 0.2) is 18.2 Å². The number of anilines is 2. The fourth-order valence-corrected chi connectivity index (χ4v) is 4.68. The van der Waals surface area contributed by atoms with E-state index < -0.39 is 0 Å². The van der Waals surface area contributed by atoms with Crippen LogP contribution in [0.5, 0.6) is 0 Å². The molecule has 2 saturated heterocycles. The van der Waals surface area contributed by atoms with Gasteiger partial charge in [0, 0.05) is 38.4 Å². The topological polar surface area (TPSA) is 54.5 Å². The van der Waals surface area contributed by atoms with Crippen molar-refractivity contribution >= 4 is 38.3 Å². The molecule has 6 heteroatoms. The molecule has 1 aromatic carbocycles. The molecule has 2 aliphatic rings. The average Bonchev–Trinajstić information content (AvgIpc) is 3.30. The van der Waals surface area contributed by atoms with Crippen LogP contribution >= 0.6 is 11.3 Å². The van der Waals surface area contributed by atoms with Crippen molar-refractivity contribution in [2.75, 3.05) is 36.5 Å². The Labute approximate surface area is 152 Å². The van der Waals surface area contributed by atoms with Crippen LogP contribution in [0.1, 0.15) is 38.5 Å². The van der Waals surface area contributed by atoms with Gasteiger partial charge in [0.1, 0.15) is 0 Å². The van der Waals surface area contributed by atoms with Crippen LogP contribution in [-0.2, 0) is 9.53 Å². The standard InChI is InChI=1S/C19H25N3O2S/c23-18(8-5-14-4-3-11-24-13-14)20-15-6-7-16-17(12-15)25-19(21-16)22-9-1-2-10-22/h6-7,12,14H,1-5,8-11,13H2,(H,20,23). The second-order valence-electron chi connectivity index (χ2n) is 7.04. The second-order valence-corrected chi connectivity index (χ2v) is 8.05. The molecule has 0 radical (unpaired) electrons. The predicted molar refractivity (Wildman–Crippen MR) is 102 cm³/mol. The highest BCUT2D eigenvalue weighted by molar-refractivity contribution is 7.22. The van der Waals surface area contributed by atoms with E-state index in [2.05, 4.69) is 10.2 Å². The number of carbonyl (C=O) groups excluding carboxylic acids is 1. The number of hydrogen-bond acceptors (Lipinski definition) is 5. The van der Waals surface area contributed by atoms with Crippen molar-refractivity contribution in [1.29, 1.82) is 0 Å². The van der Waals surface area contributed by atoms with E-state index in [1.807, 2.05) is 18.2 Å². The molecular formula is C19H25N3O2S. The third-order valence-electron chi connectivity index (χ3n) is 5.07. The number of rotatable bonds is 5. The summed E-state index contributed by atoms with van der Waals surface area (Å²) in [5.74, 6) is 0.626. The minimum absolute atomic E-state index is 0.0919. The van der Waals surface area contributed by atoms with Crippen molar-refractivity contribution in [1.82, 2.24) is 4.98 Å². The van der Waals surface area contributed by atoms with E-state index in [4.69, 9.17) is 9.72 Å². The lowest BCUT2D eigenvalue weighted by Crippen LogP contribution is -2.20. The molecule has 25 heavy (non-hydrogen) atoms. The Morgan fingerprint density at radius 1 is 1.32 bits per heavy atom. The summed E-state index contributed by atoms with van der Waals surface area (Å²) in [5.41, 5.74) is 1.89. The number of nitrogens with one attached hydrogen (secondary N) is 1. The van der Waals surface area contributed by atoms with Crippen LogP contribution in [0, 0.1) is 5.92 Å². The fourth-order valence-electron chi connectivity index (χ4n) is 3.63. The van der Waals surface area contributed by atoms with Gasteiger partial charge in [0.05, 0.1) is 10.2 Å². The molecular weight excluding hydrogens is 334 g/mol. The van der Waals surface area contributed by atoms with E-state index in [-0.39, 0.29) is 5.91 Å². The van der Waals surface area contributed by atoms with Gasteiger partial charge in [-0.1, -0.05) is 11.3 Å². The third-order valence-corrected chi connectivity index (χ3v) is 6.15. The lowest BCUT2D eigenvalue weighted by Gasteiger charge is -2.21. The first-order valence-electron chi connectivity index (χ1n) is 9.31. The number of benzene rings is 1. The highest BCUT2D eigenvalue weighted by Gasteiger charge is 2.17. The van der Waals surface area contributed by atoms with Gasteiger partial charge in [0.2, 0.25) is 5.91 Å². The summed E-state index contributed by atoms with van der Waals surface area (Å²) in [4.78, 5) is 19.3. The number of ether oxygens (including phenoxy) is 1. The molecule has 134 valence electrons. The predicted octanol–water partition coefficient (Wildman–Crippen LogP) is 4.04. The maximum absolute atomic E-state index is 12.2. The van der Waals surface area contributed by atoms with Crippen molar-refractivity contribution in [3.63, 3.8) is 0 Å². The van der Waals surface area contributed by atoms with Gasteiger partial charge in [-0.3, -0.25) is 4.79 Å². The first kappa shape index (κ1) is 16.8. The Hall–Kier alpha value is -1.66. The van der Waals surface area contributed by atoms with Crippen LogP contribution in [0.25, 0.3) is 10.2 Å². The summed E-state index contributed by atoms with van der Waals surface area (Å²) >= 11 is 1.72. The molecule has 1 aromatic heterocycles. The molecule has 2 fully saturated rings. The summed E-state index contributed by atoms with van der Waals surface area (Å²) in [6.45, 7) is 3.89. The van der Waals surface area contributed by atoms with Crippen molar-refractivity contribution < 1.29 is 9.53 Å². The molecule has 3 heterocycles. The molecule has 0 aliphatic carbocycles. The lowest BCUT2D eigenvalue weighted by atomic mass is 9.97. The Morgan fingerprint density at radius 2 is 2.20 bits per heavy atom. The van der Waals surface area contributed by atoms with Gasteiger partial charge >= 0.3 is 0 Å². The first-order chi connectivity index (χ1) is 12.3. The molecule has 2 aromatic rings. The van der Waals surface area contributed by atoms with Crippen LogP contribution in [0.4, 0.5) is 10.8 Å². The van der Waals surface area contributed by atoms with Crippen molar-refractivity contribution in [2.24, 2.45) is 5.92 Å². The normalized spacial score (nSPS) is 21.0. The van der Waals surface area contributed by atoms with E-state index >= 15 is 0 Å². The first-order valence-corrected chi connectivity index (χ1v) is 10.1. The van der Waals surface area contributed by atoms with Gasteiger partial charge in [-0.05, 0) is 56.2 Å². The van der Waals surface area contributed by atoms with E-state index in [0.717, 1.165) is 60.2 Å². The number of aromatic nitrogens is 1. The summed E-state index contributed by atoms with van der Waals surface area (Å²) in [6, 6.07) is 6.02. The Kier molecular flexibility index (Phi) is 5.17. The molecule has 4 rings (SSSR count). The SMILES string of the molecule is O=C(CCC1CCCOC1)Nc1ccc2nc(N3CCCC3)sc2c1. The maximum atomic E-state index is 12.2. The summed E-state index contributed by atoms with van der Waals surface area (Å²) in [5, 5.41) is 4.14. The number of thiazole rings is 1. The minimum Gasteiger partial charge on any atom is -0.381 e. The second kappa shape index (κ2) is 7.70. The largest absolute Gasteiger partial charge is 0.381 e. The van der Waals surface area contributed by atoms with Gasteiger partial charge in [-0.25, -0.2) is 4.98 Å². The number of amides is 1. The summed E-state index contributed by atoms with van der Waals surface area (Å²) in [6.07, 6.45) is 6.28. The number of carbonyl (C=O) groups is 1. The van der Waals surface area contributed by atoms with E-state index in [1.54, 1.807) is 11.3 Å². The van der Waals surface area contributed by atoms with Crippen LogP contribution in [0.2, 0.25) is 0 Å². The minimum atomic E-state index is 0.0919. The number of fused-ring (bicyclic) bond motifs is 1. The summed E-state index contributed by atoms with van der Waals surface area (Å²) < 4.78 is 6.62. The van der Waals surface area contributed by atoms with E-state index in [1.165, 1.54) is 19.3 Å². The average molecular weight is 359 g/mol. The van der Waals surface area contributed by atoms with Gasteiger partial charge in [0.25, 0.3) is 0 Å². The van der Waals surface area contributed by atoms with E-state index in [0.29, 0.717) is 12.3 Å². The molecule has 2 aliphatic heterocycles. The highest BCUT2D eigenvalue weighted by Crippen LogP contribution is 2.32. The van der Waals surface area contributed by atoms with Crippen LogP contribution < -0.4 is 10.2 Å². The Morgan fingerprint density at radius 3 is 3.00 bits per heavy atom. The Balaban J connectivity index is 1.36. The molecule has 1 amide bonds. The number of hydrogen-bond donors (Lipinski definition) is 1. The van der Waals surface area contributed by atoms with Crippen LogP contribution in [0.3, 0.4) is 0 Å². The van der Waals surface area contributed by atoms with Gasteiger partial charge in [0.15, 0.2) is 5.13 Å². The van der Waals surface area contributed by atoms with Gasteiger partial charge in [-0.2, -0.15) is 0 Å². The number of nitrogens with zero attached hydrogens (tertiary/aromatic N) is 2. The zero-order chi connectivity index (χ0) is 17.1. The monoisotopic (exact) mass is 359 g/mol. The molecule has 0 spiro atoms. The molecule has 1 unspecified atom stereocenters. The molecule has 1 atom stereocenters. The van der Waals surface area contributed by atoms with Crippen LogP contribution in [-0.4, -0.2) is 37.2 Å². The highest BCUT2D eigenvalue weighted by atomic mass is 32.1. The Bertz CT molecular complexity index is 733. The maximum Gasteiger partial charge on any atom is 0.224 e. The quantitative estimate of drug-likeness (QED) is 0.875. The van der Waals surface area contributed by atoms with Gasteiger partial charge in [-0.15, -0.1) is 0 Å². The molecule has 0 saturated carbocycles. The fraction of sp³-hybridized carbons (Fsp3) is 0.579. The zero-order valence-electron chi connectivity index (χ0n) is 14.5.